The van der Waals surface area contributed by atoms with Gasteiger partial charge in [-0.05, 0) is 24.6 Å². The van der Waals surface area contributed by atoms with E-state index in [2.05, 4.69) is 11.1 Å². The minimum Gasteiger partial charge on any atom is -0.337 e. The fourth-order valence-corrected chi connectivity index (χ4v) is 2.96. The summed E-state index contributed by atoms with van der Waals surface area (Å²) in [7, 11) is 0. The van der Waals surface area contributed by atoms with Crippen LogP contribution in [0.4, 0.5) is 5.69 Å². The number of anilines is 1. The molecule has 110 valence electrons. The van der Waals surface area contributed by atoms with Crippen molar-refractivity contribution in [2.75, 3.05) is 18.0 Å². The molecule has 5 nitrogen and oxygen atoms in total. The molecule has 1 aromatic heterocycles. The molecule has 1 aliphatic rings. The molecule has 2 heterocycles. The number of carbonyl (C=O) groups is 1. The highest BCUT2D eigenvalue weighted by Gasteiger charge is 2.31. The molecule has 1 amide bonds. The van der Waals surface area contributed by atoms with Crippen molar-refractivity contribution in [3.63, 3.8) is 0 Å². The van der Waals surface area contributed by atoms with Crippen LogP contribution in [-0.2, 0) is 11.3 Å². The van der Waals surface area contributed by atoms with Crippen LogP contribution in [0.25, 0.3) is 0 Å². The molecule has 2 N–H and O–H groups in total. The first-order valence-electron chi connectivity index (χ1n) is 7.34. The lowest BCUT2D eigenvalue weighted by Crippen LogP contribution is -2.30. The molecule has 1 aromatic carbocycles. The minimum absolute atomic E-state index is 0.163. The van der Waals surface area contributed by atoms with E-state index in [1.807, 2.05) is 33.9 Å². The standard InChI is InChI=1S/C16H20N4O/c17-7-5-13-11-20(15-4-2-1-3-14(13)15)16(21)6-9-19-10-8-18-12-19/h1-4,8,10,12-13H,5-7,9,11,17H2. The summed E-state index contributed by atoms with van der Waals surface area (Å²) in [4.78, 5) is 18.4. The molecule has 0 radical (unpaired) electrons. The first-order chi connectivity index (χ1) is 10.3. The van der Waals surface area contributed by atoms with Crippen molar-refractivity contribution in [2.45, 2.75) is 25.3 Å². The van der Waals surface area contributed by atoms with Crippen molar-refractivity contribution in [1.82, 2.24) is 9.55 Å². The monoisotopic (exact) mass is 284 g/mol. The van der Waals surface area contributed by atoms with Gasteiger partial charge in [-0.1, -0.05) is 18.2 Å². The molecule has 0 aliphatic carbocycles. The number of fused-ring (bicyclic) bond motifs is 1. The van der Waals surface area contributed by atoms with E-state index in [4.69, 9.17) is 5.73 Å². The van der Waals surface area contributed by atoms with Gasteiger partial charge in [0.2, 0.25) is 5.91 Å². The van der Waals surface area contributed by atoms with Crippen LogP contribution in [0.1, 0.15) is 24.3 Å². The smallest absolute Gasteiger partial charge is 0.228 e. The predicted octanol–water partition coefficient (Wildman–Crippen LogP) is 1.75. The van der Waals surface area contributed by atoms with E-state index in [1.165, 1.54) is 5.56 Å². The van der Waals surface area contributed by atoms with Gasteiger partial charge in [-0.25, -0.2) is 4.98 Å². The summed E-state index contributed by atoms with van der Waals surface area (Å²) >= 11 is 0. The van der Waals surface area contributed by atoms with Gasteiger partial charge >= 0.3 is 0 Å². The summed E-state index contributed by atoms with van der Waals surface area (Å²) < 4.78 is 1.93. The summed E-state index contributed by atoms with van der Waals surface area (Å²) in [6.07, 6.45) is 6.75. The van der Waals surface area contributed by atoms with Crippen molar-refractivity contribution in [1.29, 1.82) is 0 Å². The molecular weight excluding hydrogens is 264 g/mol. The quantitative estimate of drug-likeness (QED) is 0.909. The third-order valence-corrected chi connectivity index (χ3v) is 4.03. The third kappa shape index (κ3) is 2.83. The van der Waals surface area contributed by atoms with E-state index in [0.717, 1.165) is 18.7 Å². The summed E-state index contributed by atoms with van der Waals surface area (Å²) in [5.41, 5.74) is 7.99. The van der Waals surface area contributed by atoms with Gasteiger partial charge in [-0.3, -0.25) is 4.79 Å². The summed E-state index contributed by atoms with van der Waals surface area (Å²) in [6.45, 7) is 2.06. The number of aryl methyl sites for hydroxylation is 1. The molecule has 21 heavy (non-hydrogen) atoms. The van der Waals surface area contributed by atoms with Crippen molar-refractivity contribution in [3.8, 4) is 0 Å². The molecular formula is C16H20N4O. The Hall–Kier alpha value is -2.14. The summed E-state index contributed by atoms with van der Waals surface area (Å²) in [5, 5.41) is 0. The van der Waals surface area contributed by atoms with Crippen LogP contribution in [0.5, 0.6) is 0 Å². The van der Waals surface area contributed by atoms with E-state index in [1.54, 1.807) is 12.5 Å². The molecule has 0 spiro atoms. The molecule has 0 saturated carbocycles. The van der Waals surface area contributed by atoms with E-state index in [9.17, 15) is 4.79 Å². The number of aromatic nitrogens is 2. The van der Waals surface area contributed by atoms with Crippen LogP contribution >= 0.6 is 0 Å². The Balaban J connectivity index is 1.72. The Morgan fingerprint density at radius 1 is 1.38 bits per heavy atom. The normalized spacial score (nSPS) is 17.0. The van der Waals surface area contributed by atoms with E-state index >= 15 is 0 Å². The molecule has 1 atom stereocenters. The third-order valence-electron chi connectivity index (χ3n) is 4.03. The molecule has 3 rings (SSSR count). The van der Waals surface area contributed by atoms with Gasteiger partial charge in [0.1, 0.15) is 0 Å². The number of imidazole rings is 1. The number of carbonyl (C=O) groups excluding carboxylic acids is 1. The highest BCUT2D eigenvalue weighted by atomic mass is 16.2. The number of rotatable bonds is 5. The van der Waals surface area contributed by atoms with Crippen LogP contribution in [0.2, 0.25) is 0 Å². The zero-order valence-corrected chi connectivity index (χ0v) is 12.0. The van der Waals surface area contributed by atoms with Gasteiger partial charge in [0, 0.05) is 43.5 Å². The number of benzene rings is 1. The van der Waals surface area contributed by atoms with Crippen molar-refractivity contribution in [3.05, 3.63) is 48.5 Å². The fourth-order valence-electron chi connectivity index (χ4n) is 2.96. The number of para-hydroxylation sites is 1. The number of nitrogens with zero attached hydrogens (tertiary/aromatic N) is 3. The molecule has 0 bridgehead atoms. The first kappa shape index (κ1) is 13.8. The minimum atomic E-state index is 0.163. The number of hydrogen-bond donors (Lipinski definition) is 1. The maximum atomic E-state index is 12.5. The second kappa shape index (κ2) is 6.10. The zero-order chi connectivity index (χ0) is 14.7. The van der Waals surface area contributed by atoms with Crippen LogP contribution in [0.3, 0.4) is 0 Å². The average molecular weight is 284 g/mol. The summed E-state index contributed by atoms with van der Waals surface area (Å²) in [6, 6.07) is 8.15. The predicted molar refractivity (Wildman–Crippen MR) is 82.1 cm³/mol. The Kier molecular flexibility index (Phi) is 4.01. The lowest BCUT2D eigenvalue weighted by Gasteiger charge is -2.18. The SMILES string of the molecule is NCCC1CN(C(=O)CCn2ccnc2)c2ccccc21. The zero-order valence-electron chi connectivity index (χ0n) is 12.0. The van der Waals surface area contributed by atoms with Gasteiger partial charge < -0.3 is 15.2 Å². The number of nitrogens with two attached hydrogens (primary N) is 1. The molecule has 1 aliphatic heterocycles. The van der Waals surface area contributed by atoms with Gasteiger partial charge in [0.15, 0.2) is 0 Å². The second-order valence-corrected chi connectivity index (χ2v) is 5.39. The fraction of sp³-hybridized carbons (Fsp3) is 0.375. The van der Waals surface area contributed by atoms with E-state index in [-0.39, 0.29) is 5.91 Å². The van der Waals surface area contributed by atoms with E-state index < -0.39 is 0 Å². The van der Waals surface area contributed by atoms with Crippen molar-refractivity contribution < 1.29 is 4.79 Å². The Bertz CT molecular complexity index is 608. The molecule has 5 heteroatoms. The summed E-state index contributed by atoms with van der Waals surface area (Å²) in [5.74, 6) is 0.527. The second-order valence-electron chi connectivity index (χ2n) is 5.39. The Labute approximate surface area is 124 Å². The largest absolute Gasteiger partial charge is 0.337 e. The number of amides is 1. The highest BCUT2D eigenvalue weighted by Crippen LogP contribution is 2.37. The van der Waals surface area contributed by atoms with Gasteiger partial charge in [-0.2, -0.15) is 0 Å². The van der Waals surface area contributed by atoms with Crippen LogP contribution in [0, 0.1) is 0 Å². The lowest BCUT2D eigenvalue weighted by molar-refractivity contribution is -0.118. The average Bonchev–Trinajstić information content (AvgIpc) is 3.14. The lowest BCUT2D eigenvalue weighted by atomic mass is 9.98. The van der Waals surface area contributed by atoms with Gasteiger partial charge in [-0.15, -0.1) is 0 Å². The van der Waals surface area contributed by atoms with Gasteiger partial charge in [0.05, 0.1) is 6.33 Å². The Morgan fingerprint density at radius 2 is 2.24 bits per heavy atom. The van der Waals surface area contributed by atoms with Crippen LogP contribution in [0.15, 0.2) is 43.0 Å². The molecule has 2 aromatic rings. The maximum absolute atomic E-state index is 12.5. The van der Waals surface area contributed by atoms with Crippen molar-refractivity contribution >= 4 is 11.6 Å². The maximum Gasteiger partial charge on any atom is 0.228 e. The van der Waals surface area contributed by atoms with Crippen molar-refractivity contribution in [2.24, 2.45) is 5.73 Å². The van der Waals surface area contributed by atoms with Gasteiger partial charge in [0.25, 0.3) is 0 Å². The molecule has 1 unspecified atom stereocenters. The molecule has 0 fully saturated rings. The topological polar surface area (TPSA) is 64.2 Å². The van der Waals surface area contributed by atoms with Crippen LogP contribution < -0.4 is 10.6 Å². The van der Waals surface area contributed by atoms with E-state index in [0.29, 0.717) is 25.4 Å². The Morgan fingerprint density at radius 3 is 3.00 bits per heavy atom. The first-order valence-corrected chi connectivity index (χ1v) is 7.34. The van der Waals surface area contributed by atoms with Crippen LogP contribution in [-0.4, -0.2) is 28.5 Å². The number of hydrogen-bond acceptors (Lipinski definition) is 3. The highest BCUT2D eigenvalue weighted by molar-refractivity contribution is 5.95. The molecule has 0 saturated heterocycles.